The summed E-state index contributed by atoms with van der Waals surface area (Å²) in [7, 11) is 0. The Balaban J connectivity index is -0.000000701. The molecule has 624 valence electrons. The monoisotopic (exact) mass is 1620 g/mol. The van der Waals surface area contributed by atoms with Crippen molar-refractivity contribution in [2.75, 3.05) is 314 Å². The summed E-state index contributed by atoms with van der Waals surface area (Å²) in [5.41, 5.74) is 0. The second kappa shape index (κ2) is 126. The van der Waals surface area contributed by atoms with E-state index in [0.717, 1.165) is 64.6 Å². The van der Waals surface area contributed by atoms with Crippen molar-refractivity contribution < 1.29 is 109 Å². The number of thiol groups is 8. The van der Waals surface area contributed by atoms with Gasteiger partial charge in [-0.1, -0.05) is 55.4 Å². The molecule has 0 spiro atoms. The summed E-state index contributed by atoms with van der Waals surface area (Å²) in [6.07, 6.45) is 18.7. The zero-order chi connectivity index (χ0) is 77.7. The maximum absolute atomic E-state index is 6.34. The first-order valence-corrected chi connectivity index (χ1v) is 43.3. The molecule has 0 N–H and O–H groups in total. The molecule has 0 amide bonds. The Morgan fingerprint density at radius 1 is 0.129 bits per heavy atom. The van der Waals surface area contributed by atoms with E-state index in [2.05, 4.69) is 156 Å². The molecule has 0 radical (unpaired) electrons. The molecule has 101 heavy (non-hydrogen) atoms. The van der Waals surface area contributed by atoms with Gasteiger partial charge >= 0.3 is 0 Å². The van der Waals surface area contributed by atoms with E-state index in [0.29, 0.717) is 185 Å². The summed E-state index contributed by atoms with van der Waals surface area (Å²) < 4.78 is 137. The van der Waals surface area contributed by atoms with Gasteiger partial charge in [-0.3, -0.25) is 0 Å². The SMILES string of the molecule is CCCOCCOCCOCC(COCC(COCC(COCC(COCC(COCC(COCCOCCOCCC)OCCOCCC)OCCOCCC)OCCOCCC)OCCOCCC)OCCOCCC)OCCOCCC.CS.CS.CS.CS.CS.CS.CS.CS. The maximum Gasteiger partial charge on any atom is 0.104 e. The molecule has 31 heteroatoms. The number of hydrogen-bond acceptors (Lipinski definition) is 31. The summed E-state index contributed by atoms with van der Waals surface area (Å²) in [5, 5.41) is 0. The fraction of sp³-hybridized carbons (Fsp3) is 1.00. The number of hydrogen-bond donors (Lipinski definition) is 8. The molecule has 0 saturated carbocycles. The molecule has 0 aromatic carbocycles. The zero-order valence-electron chi connectivity index (χ0n) is 66.4. The van der Waals surface area contributed by atoms with Crippen LogP contribution in [0.25, 0.3) is 0 Å². The minimum absolute atomic E-state index is 0.224. The van der Waals surface area contributed by atoms with Gasteiger partial charge in [0.05, 0.1) is 211 Å². The summed E-state index contributed by atoms with van der Waals surface area (Å²) in [6.45, 7) is 34.1. The van der Waals surface area contributed by atoms with Gasteiger partial charge in [-0.15, -0.1) is 0 Å². The Hall–Kier alpha value is 1.88. The maximum atomic E-state index is 6.34. The van der Waals surface area contributed by atoms with Crippen LogP contribution in [0.15, 0.2) is 0 Å². The van der Waals surface area contributed by atoms with Crippen molar-refractivity contribution in [3.05, 3.63) is 0 Å². The van der Waals surface area contributed by atoms with Crippen molar-refractivity contribution in [3.63, 3.8) is 0 Å². The molecule has 0 aromatic heterocycles. The fourth-order valence-electron chi connectivity index (χ4n) is 7.24. The van der Waals surface area contributed by atoms with Gasteiger partial charge in [-0.2, -0.15) is 101 Å². The van der Waals surface area contributed by atoms with Gasteiger partial charge in [0.25, 0.3) is 0 Å². The molecule has 0 saturated heterocycles. The van der Waals surface area contributed by atoms with Crippen LogP contribution in [0.1, 0.15) is 107 Å². The Labute approximate surface area is 663 Å². The lowest BCUT2D eigenvalue weighted by atomic mass is 10.3. The second-order valence-electron chi connectivity index (χ2n) is 19.9. The summed E-state index contributed by atoms with van der Waals surface area (Å²) in [6, 6.07) is 0. The topological polar surface area (TPSA) is 212 Å². The van der Waals surface area contributed by atoms with E-state index in [4.69, 9.17) is 109 Å². The van der Waals surface area contributed by atoms with E-state index in [9.17, 15) is 0 Å². The highest BCUT2D eigenvalue weighted by atomic mass is 32.1. The quantitative estimate of drug-likeness (QED) is 0.0210. The number of rotatable bonds is 76. The van der Waals surface area contributed by atoms with E-state index in [1.54, 1.807) is 50.0 Å². The molecule has 0 rings (SSSR count). The van der Waals surface area contributed by atoms with E-state index in [1.165, 1.54) is 0 Å². The van der Waals surface area contributed by atoms with Crippen molar-refractivity contribution >= 4 is 101 Å². The van der Waals surface area contributed by atoms with E-state index in [-0.39, 0.29) is 78.3 Å². The predicted octanol–water partition coefficient (Wildman–Crippen LogP) is 11.2. The third kappa shape index (κ3) is 111. The van der Waals surface area contributed by atoms with Gasteiger partial charge in [0, 0.05) is 52.9 Å². The highest BCUT2D eigenvalue weighted by molar-refractivity contribution is 7.80. The van der Waals surface area contributed by atoms with E-state index in [1.807, 2.05) is 0 Å². The Morgan fingerprint density at radius 3 is 0.356 bits per heavy atom. The highest BCUT2D eigenvalue weighted by Crippen LogP contribution is 2.08. The molecule has 0 aliphatic heterocycles. The average molecular weight is 1620 g/mol. The van der Waals surface area contributed by atoms with Crippen molar-refractivity contribution in [2.24, 2.45) is 0 Å². The van der Waals surface area contributed by atoms with Gasteiger partial charge in [0.2, 0.25) is 0 Å². The lowest BCUT2D eigenvalue weighted by Crippen LogP contribution is -2.35. The van der Waals surface area contributed by atoms with E-state index < -0.39 is 24.4 Å². The largest absolute Gasteiger partial charge is 0.379 e. The molecular formula is C70H158O23S8. The lowest BCUT2D eigenvalue weighted by Gasteiger charge is -2.24. The van der Waals surface area contributed by atoms with Crippen molar-refractivity contribution in [1.82, 2.24) is 0 Å². The summed E-state index contributed by atoms with van der Waals surface area (Å²) >= 11 is 28.2. The van der Waals surface area contributed by atoms with Gasteiger partial charge in [-0.05, 0) is 101 Å². The fourth-order valence-corrected chi connectivity index (χ4v) is 7.24. The molecule has 0 aliphatic rings. The van der Waals surface area contributed by atoms with Gasteiger partial charge in [0.1, 0.15) is 36.6 Å². The van der Waals surface area contributed by atoms with E-state index >= 15 is 0 Å². The van der Waals surface area contributed by atoms with Crippen LogP contribution in [0.3, 0.4) is 0 Å². The highest BCUT2D eigenvalue weighted by Gasteiger charge is 2.21. The van der Waals surface area contributed by atoms with Crippen LogP contribution in [0.4, 0.5) is 0 Å². The molecular weight excluding hydrogens is 1470 g/mol. The summed E-state index contributed by atoms with van der Waals surface area (Å²) in [5.74, 6) is 0. The number of ether oxygens (including phenoxy) is 23. The van der Waals surface area contributed by atoms with Crippen molar-refractivity contribution in [3.8, 4) is 0 Å². The zero-order valence-corrected chi connectivity index (χ0v) is 73.5. The molecule has 0 bridgehead atoms. The molecule has 0 aromatic rings. The first-order valence-electron chi connectivity index (χ1n) is 36.1. The molecule has 6 unspecified atom stereocenters. The van der Waals surface area contributed by atoms with Crippen molar-refractivity contribution in [2.45, 2.75) is 143 Å². The first kappa shape index (κ1) is 121. The predicted molar refractivity (Wildman–Crippen MR) is 444 cm³/mol. The Morgan fingerprint density at radius 2 is 0.228 bits per heavy atom. The van der Waals surface area contributed by atoms with Crippen LogP contribution in [0, 0.1) is 0 Å². The van der Waals surface area contributed by atoms with Gasteiger partial charge < -0.3 is 109 Å². The van der Waals surface area contributed by atoms with Gasteiger partial charge in [0.15, 0.2) is 0 Å². The summed E-state index contributed by atoms with van der Waals surface area (Å²) in [4.78, 5) is 0. The molecule has 6 atom stereocenters. The smallest absolute Gasteiger partial charge is 0.104 e. The standard InChI is InChI=1S/C62H126O23.8CH4S/c1-9-17-63-25-27-71-29-31-73-45-57(80-39-33-65-19-11-3)47-75-49-59(82-41-35-67-21-13-5)51-77-53-61(84-43-37-69-23-15-7)55-79-56-62(85-44-38-70-24-16-8)54-78-52-60(83-42-36-68-22-14-6)50-76-48-58(81-40-34-66-20-12-4)46-74-32-30-72-28-26-64-18-10-2;8*1-2/h57-62H,9-56H2,1-8H3;8*2H,1H3. The minimum atomic E-state index is -0.428. The van der Waals surface area contributed by atoms with Crippen LogP contribution < -0.4 is 0 Å². The minimum Gasteiger partial charge on any atom is -0.379 e. The third-order valence-electron chi connectivity index (χ3n) is 11.4. The Kier molecular flexibility index (Phi) is 151. The molecule has 0 aliphatic carbocycles. The van der Waals surface area contributed by atoms with Crippen LogP contribution in [-0.2, 0) is 109 Å². The Bertz CT molecular complexity index is 1180. The molecule has 0 fully saturated rings. The molecule has 23 nitrogen and oxygen atoms in total. The molecule has 0 heterocycles. The lowest BCUT2D eigenvalue weighted by molar-refractivity contribution is -0.130. The van der Waals surface area contributed by atoms with Gasteiger partial charge in [-0.25, -0.2) is 0 Å². The van der Waals surface area contributed by atoms with Crippen LogP contribution in [0.2, 0.25) is 0 Å². The average Bonchev–Trinajstić information content (AvgIpc) is 1.26. The normalized spacial score (nSPS) is 12.4. The first-order chi connectivity index (χ1) is 50.0. The van der Waals surface area contributed by atoms with Crippen molar-refractivity contribution in [1.29, 1.82) is 0 Å². The second-order valence-corrected chi connectivity index (χ2v) is 19.9. The third-order valence-corrected chi connectivity index (χ3v) is 11.4. The van der Waals surface area contributed by atoms with Crippen LogP contribution in [-0.4, -0.2) is 351 Å². The van der Waals surface area contributed by atoms with Crippen LogP contribution in [0.5, 0.6) is 0 Å². The van der Waals surface area contributed by atoms with Crippen LogP contribution >= 0.6 is 101 Å².